The zero-order chi connectivity index (χ0) is 12.1. The van der Waals surface area contributed by atoms with Crippen LogP contribution in [-0.4, -0.2) is 27.0 Å². The van der Waals surface area contributed by atoms with Crippen LogP contribution in [0.4, 0.5) is 5.82 Å². The van der Waals surface area contributed by atoms with Crippen molar-refractivity contribution in [3.63, 3.8) is 0 Å². The second-order valence-electron chi connectivity index (χ2n) is 3.39. The zero-order valence-electron chi connectivity index (χ0n) is 9.71. The third-order valence-corrected chi connectivity index (χ3v) is 2.95. The molecule has 0 aliphatic heterocycles. The van der Waals surface area contributed by atoms with Gasteiger partial charge in [0.05, 0.1) is 11.9 Å². The molecule has 0 saturated heterocycles. The molecule has 0 radical (unpaired) electrons. The van der Waals surface area contributed by atoms with E-state index in [2.05, 4.69) is 25.3 Å². The summed E-state index contributed by atoms with van der Waals surface area (Å²) in [5.74, 6) is 2.33. The molecule has 2 aromatic heterocycles. The first-order chi connectivity index (χ1) is 8.28. The quantitative estimate of drug-likeness (QED) is 0.833. The second-order valence-corrected chi connectivity index (χ2v) is 4.39. The Morgan fingerprint density at radius 2 is 2.18 bits per heavy atom. The third-order valence-electron chi connectivity index (χ3n) is 2.05. The van der Waals surface area contributed by atoms with Gasteiger partial charge in [-0.25, -0.2) is 15.0 Å². The molecule has 0 unspecified atom stereocenters. The topological polar surface area (TPSA) is 63.6 Å². The highest BCUT2D eigenvalue weighted by atomic mass is 32.2. The maximum Gasteiger partial charge on any atom is 0.141 e. The summed E-state index contributed by atoms with van der Waals surface area (Å²) in [7, 11) is 1.85. The summed E-state index contributed by atoms with van der Waals surface area (Å²) in [6.07, 6.45) is 5.07. The van der Waals surface area contributed by atoms with Crippen molar-refractivity contribution in [1.82, 2.24) is 19.9 Å². The average Bonchev–Trinajstić information content (AvgIpc) is 2.37. The number of nitrogens with zero attached hydrogens (tertiary/aromatic N) is 4. The predicted octanol–water partition coefficient (Wildman–Crippen LogP) is 1.91. The lowest BCUT2D eigenvalue weighted by atomic mass is 10.4. The highest BCUT2D eigenvalue weighted by Gasteiger charge is 2.03. The van der Waals surface area contributed by atoms with Gasteiger partial charge in [-0.2, -0.15) is 0 Å². The number of hydrogen-bond acceptors (Lipinski definition) is 6. The molecule has 0 aliphatic carbocycles. The molecule has 0 fully saturated rings. The summed E-state index contributed by atoms with van der Waals surface area (Å²) in [5.41, 5.74) is 0.957. The number of aromatic nitrogens is 4. The SMILES string of the molecule is CNc1cc(C)nc(CSc2cnccn2)n1. The molecule has 0 aliphatic rings. The van der Waals surface area contributed by atoms with E-state index in [0.717, 1.165) is 22.4 Å². The minimum absolute atomic E-state index is 0.690. The van der Waals surface area contributed by atoms with Crippen LogP contribution in [0.25, 0.3) is 0 Å². The summed E-state index contributed by atoms with van der Waals surface area (Å²) in [6, 6.07) is 1.91. The Morgan fingerprint density at radius 3 is 2.88 bits per heavy atom. The molecule has 17 heavy (non-hydrogen) atoms. The normalized spacial score (nSPS) is 10.2. The lowest BCUT2D eigenvalue weighted by molar-refractivity contribution is 0.989. The second kappa shape index (κ2) is 5.58. The molecular formula is C11H13N5S. The van der Waals surface area contributed by atoms with Gasteiger partial charge in [0, 0.05) is 31.2 Å². The minimum Gasteiger partial charge on any atom is -0.373 e. The van der Waals surface area contributed by atoms with Gasteiger partial charge < -0.3 is 5.32 Å². The van der Waals surface area contributed by atoms with Crippen molar-refractivity contribution in [2.24, 2.45) is 0 Å². The first-order valence-electron chi connectivity index (χ1n) is 5.19. The highest BCUT2D eigenvalue weighted by Crippen LogP contribution is 2.18. The van der Waals surface area contributed by atoms with Crippen LogP contribution >= 0.6 is 11.8 Å². The van der Waals surface area contributed by atoms with Gasteiger partial charge >= 0.3 is 0 Å². The molecule has 0 spiro atoms. The average molecular weight is 247 g/mol. The number of anilines is 1. The Morgan fingerprint density at radius 1 is 1.29 bits per heavy atom. The van der Waals surface area contributed by atoms with Gasteiger partial charge in [0.1, 0.15) is 16.7 Å². The van der Waals surface area contributed by atoms with Crippen molar-refractivity contribution in [3.05, 3.63) is 36.2 Å². The van der Waals surface area contributed by atoms with E-state index in [0.29, 0.717) is 5.75 Å². The Balaban J connectivity index is 2.06. The summed E-state index contributed by atoms with van der Waals surface area (Å²) >= 11 is 1.58. The third kappa shape index (κ3) is 3.39. The summed E-state index contributed by atoms with van der Waals surface area (Å²) in [4.78, 5) is 17.0. The molecule has 0 amide bonds. The van der Waals surface area contributed by atoms with E-state index < -0.39 is 0 Å². The van der Waals surface area contributed by atoms with Gasteiger partial charge in [-0.1, -0.05) is 11.8 Å². The molecule has 2 rings (SSSR count). The van der Waals surface area contributed by atoms with Gasteiger partial charge in [-0.3, -0.25) is 4.98 Å². The van der Waals surface area contributed by atoms with Crippen molar-refractivity contribution < 1.29 is 0 Å². The van der Waals surface area contributed by atoms with Gasteiger partial charge in [0.25, 0.3) is 0 Å². The molecule has 2 aromatic rings. The van der Waals surface area contributed by atoms with Crippen LogP contribution in [0.15, 0.2) is 29.7 Å². The maximum absolute atomic E-state index is 4.38. The minimum atomic E-state index is 0.690. The molecule has 88 valence electrons. The van der Waals surface area contributed by atoms with Gasteiger partial charge in [-0.05, 0) is 6.92 Å². The molecule has 2 heterocycles. The van der Waals surface area contributed by atoms with E-state index in [1.165, 1.54) is 0 Å². The number of nitrogens with one attached hydrogen (secondary N) is 1. The fourth-order valence-electron chi connectivity index (χ4n) is 1.32. The largest absolute Gasteiger partial charge is 0.373 e. The maximum atomic E-state index is 4.38. The predicted molar refractivity (Wildman–Crippen MR) is 67.9 cm³/mol. The van der Waals surface area contributed by atoms with Crippen LogP contribution in [0.5, 0.6) is 0 Å². The number of thioether (sulfide) groups is 1. The van der Waals surface area contributed by atoms with E-state index in [1.54, 1.807) is 30.4 Å². The van der Waals surface area contributed by atoms with Crippen LogP contribution < -0.4 is 5.32 Å². The van der Waals surface area contributed by atoms with Crippen LogP contribution in [-0.2, 0) is 5.75 Å². The molecule has 1 N–H and O–H groups in total. The summed E-state index contributed by atoms with van der Waals surface area (Å²) < 4.78 is 0. The van der Waals surface area contributed by atoms with Crippen molar-refractivity contribution in [2.75, 3.05) is 12.4 Å². The van der Waals surface area contributed by atoms with E-state index in [9.17, 15) is 0 Å². The highest BCUT2D eigenvalue weighted by molar-refractivity contribution is 7.98. The monoisotopic (exact) mass is 247 g/mol. The van der Waals surface area contributed by atoms with Gasteiger partial charge in [-0.15, -0.1) is 0 Å². The first kappa shape index (κ1) is 11.8. The Labute approximate surface area is 104 Å². The van der Waals surface area contributed by atoms with Gasteiger partial charge in [0.15, 0.2) is 0 Å². The van der Waals surface area contributed by atoms with Crippen LogP contribution in [0.2, 0.25) is 0 Å². The van der Waals surface area contributed by atoms with E-state index in [-0.39, 0.29) is 0 Å². The Bertz CT molecular complexity index is 488. The number of hydrogen-bond donors (Lipinski definition) is 1. The number of rotatable bonds is 4. The summed E-state index contributed by atoms with van der Waals surface area (Å²) in [6.45, 7) is 1.96. The van der Waals surface area contributed by atoms with E-state index in [4.69, 9.17) is 0 Å². The Hall–Kier alpha value is -1.69. The fraction of sp³-hybridized carbons (Fsp3) is 0.273. The molecular weight excluding hydrogens is 234 g/mol. The fourth-order valence-corrected chi connectivity index (χ4v) is 2.00. The van der Waals surface area contributed by atoms with Crippen molar-refractivity contribution in [3.8, 4) is 0 Å². The molecule has 5 nitrogen and oxygen atoms in total. The lowest BCUT2D eigenvalue weighted by Crippen LogP contribution is -2.00. The van der Waals surface area contributed by atoms with Crippen LogP contribution in [0, 0.1) is 6.92 Å². The van der Waals surface area contributed by atoms with E-state index >= 15 is 0 Å². The number of aryl methyl sites for hydroxylation is 1. The van der Waals surface area contributed by atoms with E-state index in [1.807, 2.05) is 20.0 Å². The van der Waals surface area contributed by atoms with Crippen LogP contribution in [0.1, 0.15) is 11.5 Å². The molecule has 0 saturated carbocycles. The lowest BCUT2D eigenvalue weighted by Gasteiger charge is -2.04. The summed E-state index contributed by atoms with van der Waals surface area (Å²) in [5, 5.41) is 3.90. The van der Waals surface area contributed by atoms with Crippen LogP contribution in [0.3, 0.4) is 0 Å². The molecule has 0 aromatic carbocycles. The van der Waals surface area contributed by atoms with Gasteiger partial charge in [0.2, 0.25) is 0 Å². The molecule has 0 atom stereocenters. The first-order valence-corrected chi connectivity index (χ1v) is 6.17. The van der Waals surface area contributed by atoms with Crippen molar-refractivity contribution >= 4 is 17.6 Å². The standard InChI is InChI=1S/C11H13N5S/c1-8-5-9(12-2)16-10(15-8)7-17-11-6-13-3-4-14-11/h3-6H,7H2,1-2H3,(H,12,15,16). The Kier molecular flexibility index (Phi) is 3.87. The van der Waals surface area contributed by atoms with Crippen molar-refractivity contribution in [2.45, 2.75) is 17.7 Å². The smallest absolute Gasteiger partial charge is 0.141 e. The molecule has 0 bridgehead atoms. The zero-order valence-corrected chi connectivity index (χ0v) is 10.5. The van der Waals surface area contributed by atoms with Crippen molar-refractivity contribution in [1.29, 1.82) is 0 Å². The molecule has 6 heteroatoms.